The fourth-order valence-electron chi connectivity index (χ4n) is 2.22. The van der Waals surface area contributed by atoms with Crippen LogP contribution in [0.25, 0.3) is 6.08 Å². The van der Waals surface area contributed by atoms with Gasteiger partial charge in [0.25, 0.3) is 0 Å². The highest BCUT2D eigenvalue weighted by molar-refractivity contribution is 5.87. The first-order valence-corrected chi connectivity index (χ1v) is 7.32. The molecule has 7 heteroatoms. The lowest BCUT2D eigenvalue weighted by Gasteiger charge is -2.08. The lowest BCUT2D eigenvalue weighted by molar-refractivity contribution is -0.138. The van der Waals surface area contributed by atoms with Crippen molar-refractivity contribution in [1.82, 2.24) is 0 Å². The molecule has 1 heterocycles. The highest BCUT2D eigenvalue weighted by Gasteiger charge is 2.30. The Morgan fingerprint density at radius 2 is 1.92 bits per heavy atom. The van der Waals surface area contributed by atoms with E-state index >= 15 is 0 Å². The quantitative estimate of drug-likeness (QED) is 0.613. The highest BCUT2D eigenvalue weighted by atomic mass is 19.4. The summed E-state index contributed by atoms with van der Waals surface area (Å²) in [5.41, 5.74) is 0.192. The summed E-state index contributed by atoms with van der Waals surface area (Å²) in [4.78, 5) is 11.7. The van der Waals surface area contributed by atoms with Crippen LogP contribution >= 0.6 is 0 Å². The SMILES string of the molecule is O=C(/C=C/c1ccc2c(c1)OCO2)OCc1cccc(C(F)(F)F)c1. The predicted octanol–water partition coefficient (Wildman–Crippen LogP) is 4.19. The monoisotopic (exact) mass is 350 g/mol. The summed E-state index contributed by atoms with van der Waals surface area (Å²) in [7, 11) is 0. The molecule has 2 aromatic rings. The number of carbonyl (C=O) groups excluding carboxylic acids is 1. The lowest BCUT2D eigenvalue weighted by atomic mass is 10.1. The largest absolute Gasteiger partial charge is 0.458 e. The summed E-state index contributed by atoms with van der Waals surface area (Å²) in [6.45, 7) is -0.0875. The third-order valence-corrected chi connectivity index (χ3v) is 3.44. The minimum absolute atomic E-state index is 0.154. The minimum Gasteiger partial charge on any atom is -0.458 e. The average Bonchev–Trinajstić information content (AvgIpc) is 3.05. The molecule has 25 heavy (non-hydrogen) atoms. The normalized spacial score (nSPS) is 13.2. The molecule has 0 fully saturated rings. The van der Waals surface area contributed by atoms with E-state index in [1.165, 1.54) is 24.3 Å². The standard InChI is InChI=1S/C18H13F3O4/c19-18(20,21)14-3-1-2-13(8-14)10-23-17(22)7-5-12-4-6-15-16(9-12)25-11-24-15/h1-9H,10-11H2/b7-5+. The van der Waals surface area contributed by atoms with Gasteiger partial charge in [0.1, 0.15) is 6.61 Å². The third kappa shape index (κ3) is 4.32. The van der Waals surface area contributed by atoms with E-state index in [1.54, 1.807) is 18.2 Å². The van der Waals surface area contributed by atoms with Crippen molar-refractivity contribution in [3.8, 4) is 11.5 Å². The Morgan fingerprint density at radius 3 is 2.72 bits per heavy atom. The molecule has 0 N–H and O–H groups in total. The number of alkyl halides is 3. The van der Waals surface area contributed by atoms with Crippen LogP contribution in [0.5, 0.6) is 11.5 Å². The lowest BCUT2D eigenvalue weighted by Crippen LogP contribution is -2.06. The number of hydrogen-bond donors (Lipinski definition) is 0. The number of hydrogen-bond acceptors (Lipinski definition) is 4. The molecule has 0 amide bonds. The van der Waals surface area contributed by atoms with Gasteiger partial charge in [0.15, 0.2) is 11.5 Å². The topological polar surface area (TPSA) is 44.8 Å². The molecule has 1 aliphatic heterocycles. The van der Waals surface area contributed by atoms with Gasteiger partial charge < -0.3 is 14.2 Å². The van der Waals surface area contributed by atoms with Gasteiger partial charge in [0.05, 0.1) is 5.56 Å². The van der Waals surface area contributed by atoms with Crippen LogP contribution < -0.4 is 9.47 Å². The Kier molecular flexibility index (Phi) is 4.65. The van der Waals surface area contributed by atoms with Crippen LogP contribution in [0.3, 0.4) is 0 Å². The number of benzene rings is 2. The van der Waals surface area contributed by atoms with Crippen LogP contribution in [-0.2, 0) is 22.3 Å². The Hall–Kier alpha value is -2.96. The predicted molar refractivity (Wildman–Crippen MR) is 82.8 cm³/mol. The zero-order valence-electron chi connectivity index (χ0n) is 12.9. The first-order chi connectivity index (χ1) is 11.9. The summed E-state index contributed by atoms with van der Waals surface area (Å²) >= 11 is 0. The van der Waals surface area contributed by atoms with Crippen molar-refractivity contribution in [3.63, 3.8) is 0 Å². The van der Waals surface area contributed by atoms with Crippen LogP contribution in [0.1, 0.15) is 16.7 Å². The maximum absolute atomic E-state index is 12.6. The number of rotatable bonds is 4. The molecule has 0 aliphatic carbocycles. The first-order valence-electron chi connectivity index (χ1n) is 7.32. The molecule has 0 atom stereocenters. The Balaban J connectivity index is 1.58. The molecule has 2 aromatic carbocycles. The minimum atomic E-state index is -4.43. The number of esters is 1. The smallest absolute Gasteiger partial charge is 0.416 e. The molecule has 3 rings (SSSR count). The van der Waals surface area contributed by atoms with Gasteiger partial charge in [-0.2, -0.15) is 13.2 Å². The van der Waals surface area contributed by atoms with Gasteiger partial charge in [0, 0.05) is 6.08 Å². The summed E-state index contributed by atoms with van der Waals surface area (Å²) in [5, 5.41) is 0. The number of ether oxygens (including phenoxy) is 3. The van der Waals surface area contributed by atoms with Crippen LogP contribution in [0.2, 0.25) is 0 Å². The average molecular weight is 350 g/mol. The van der Waals surface area contributed by atoms with Gasteiger partial charge in [-0.15, -0.1) is 0 Å². The van der Waals surface area contributed by atoms with Gasteiger partial charge in [-0.3, -0.25) is 0 Å². The van der Waals surface area contributed by atoms with E-state index in [-0.39, 0.29) is 19.0 Å². The molecule has 0 aromatic heterocycles. The zero-order valence-corrected chi connectivity index (χ0v) is 12.9. The Morgan fingerprint density at radius 1 is 1.12 bits per heavy atom. The number of carbonyl (C=O) groups is 1. The molecule has 0 saturated heterocycles. The van der Waals surface area contributed by atoms with E-state index in [9.17, 15) is 18.0 Å². The maximum atomic E-state index is 12.6. The van der Waals surface area contributed by atoms with Crippen molar-refractivity contribution in [2.24, 2.45) is 0 Å². The molecule has 0 saturated carbocycles. The fourth-order valence-corrected chi connectivity index (χ4v) is 2.22. The summed E-state index contributed by atoms with van der Waals surface area (Å²) in [6, 6.07) is 9.82. The first kappa shape index (κ1) is 16.9. The molecule has 130 valence electrons. The third-order valence-electron chi connectivity index (χ3n) is 3.44. The van der Waals surface area contributed by atoms with Gasteiger partial charge in [0.2, 0.25) is 6.79 Å². The molecule has 0 bridgehead atoms. The van der Waals surface area contributed by atoms with E-state index in [2.05, 4.69) is 0 Å². The van der Waals surface area contributed by atoms with Crippen LogP contribution in [0, 0.1) is 0 Å². The second kappa shape index (κ2) is 6.88. The Bertz CT molecular complexity index is 812. The van der Waals surface area contributed by atoms with E-state index in [0.717, 1.165) is 12.1 Å². The second-order valence-electron chi connectivity index (χ2n) is 5.25. The van der Waals surface area contributed by atoms with Crippen LogP contribution in [0.15, 0.2) is 48.5 Å². The number of halogens is 3. The molecule has 0 radical (unpaired) electrons. The van der Waals surface area contributed by atoms with Gasteiger partial charge in [-0.05, 0) is 41.5 Å². The molecule has 0 spiro atoms. The van der Waals surface area contributed by atoms with Crippen LogP contribution in [0.4, 0.5) is 13.2 Å². The van der Waals surface area contributed by atoms with Crippen molar-refractivity contribution in [2.75, 3.05) is 6.79 Å². The zero-order chi connectivity index (χ0) is 17.9. The summed E-state index contributed by atoms with van der Waals surface area (Å²) in [6.07, 6.45) is -1.71. The van der Waals surface area contributed by atoms with E-state index in [4.69, 9.17) is 14.2 Å². The van der Waals surface area contributed by atoms with Gasteiger partial charge in [-0.25, -0.2) is 4.79 Å². The summed E-state index contributed by atoms with van der Waals surface area (Å²) < 4.78 is 53.3. The van der Waals surface area contributed by atoms with Crippen molar-refractivity contribution in [3.05, 3.63) is 65.2 Å². The molecule has 1 aliphatic rings. The van der Waals surface area contributed by atoms with Crippen molar-refractivity contribution >= 4 is 12.0 Å². The number of fused-ring (bicyclic) bond motifs is 1. The maximum Gasteiger partial charge on any atom is 0.416 e. The molecular weight excluding hydrogens is 337 g/mol. The van der Waals surface area contributed by atoms with E-state index in [0.29, 0.717) is 17.1 Å². The highest BCUT2D eigenvalue weighted by Crippen LogP contribution is 2.33. The summed E-state index contributed by atoms with van der Waals surface area (Å²) in [5.74, 6) is 0.554. The molecule has 0 unspecified atom stereocenters. The van der Waals surface area contributed by atoms with Gasteiger partial charge in [-0.1, -0.05) is 18.2 Å². The van der Waals surface area contributed by atoms with Crippen LogP contribution in [-0.4, -0.2) is 12.8 Å². The molecule has 4 nitrogen and oxygen atoms in total. The van der Waals surface area contributed by atoms with E-state index in [1.807, 2.05) is 0 Å². The fraction of sp³-hybridized carbons (Fsp3) is 0.167. The second-order valence-corrected chi connectivity index (χ2v) is 5.25. The van der Waals surface area contributed by atoms with Crippen molar-refractivity contribution in [1.29, 1.82) is 0 Å². The van der Waals surface area contributed by atoms with E-state index < -0.39 is 17.7 Å². The Labute approximate surface area is 141 Å². The molecular formula is C18H13F3O4. The van der Waals surface area contributed by atoms with Crippen molar-refractivity contribution < 1.29 is 32.2 Å². The van der Waals surface area contributed by atoms with Gasteiger partial charge >= 0.3 is 12.1 Å². The van der Waals surface area contributed by atoms with Crippen molar-refractivity contribution in [2.45, 2.75) is 12.8 Å².